The van der Waals surface area contributed by atoms with E-state index in [1.165, 1.54) is 12.1 Å². The molecule has 0 unspecified atom stereocenters. The zero-order chi connectivity index (χ0) is 33.3. The lowest BCUT2D eigenvalue weighted by Gasteiger charge is -2.22. The molecule has 3 aromatic carbocycles. The van der Waals surface area contributed by atoms with Crippen molar-refractivity contribution in [2.75, 3.05) is 11.0 Å². The van der Waals surface area contributed by atoms with Crippen molar-refractivity contribution in [2.24, 2.45) is 5.41 Å². The zero-order valence-electron chi connectivity index (χ0n) is 27.7. The van der Waals surface area contributed by atoms with Crippen LogP contribution in [0.25, 0.3) is 0 Å². The number of aromatic hydroxyl groups is 4. The fourth-order valence-corrected chi connectivity index (χ4v) is 4.25. The van der Waals surface area contributed by atoms with Crippen LogP contribution in [-0.4, -0.2) is 35.1 Å². The third-order valence-corrected chi connectivity index (χ3v) is 6.07. The molecule has 3 rings (SSSR count). The Morgan fingerprint density at radius 1 is 0.619 bits per heavy atom. The minimum atomic E-state index is -3.13. The topological polar surface area (TPSA) is 127 Å². The number of rotatable bonds is 2. The Balaban J connectivity index is 0.000000557. The molecule has 0 bridgehead atoms. The Morgan fingerprint density at radius 3 is 1.48 bits per heavy atom. The molecule has 5 N–H and O–H groups in total. The largest absolute Gasteiger partial charge is 0.508 e. The molecule has 0 atom stereocenters. The van der Waals surface area contributed by atoms with E-state index in [0.29, 0.717) is 11.1 Å². The van der Waals surface area contributed by atoms with Crippen LogP contribution in [0, 0.1) is 19.3 Å². The van der Waals surface area contributed by atoms with Crippen molar-refractivity contribution < 1.29 is 28.8 Å². The first-order valence-electron chi connectivity index (χ1n) is 13.8. The lowest BCUT2D eigenvalue weighted by molar-refractivity contribution is 0.398. The van der Waals surface area contributed by atoms with Gasteiger partial charge in [-0.3, -0.25) is 4.72 Å². The number of sulfonamides is 1. The Labute approximate surface area is 254 Å². The first-order valence-corrected chi connectivity index (χ1v) is 15.7. The molecule has 7 nitrogen and oxygen atoms in total. The molecule has 0 saturated heterocycles. The molecule has 0 fully saturated rings. The number of phenols is 4. The molecule has 42 heavy (non-hydrogen) atoms. The highest BCUT2D eigenvalue weighted by Crippen LogP contribution is 2.36. The van der Waals surface area contributed by atoms with Gasteiger partial charge in [0, 0.05) is 11.8 Å². The van der Waals surface area contributed by atoms with Gasteiger partial charge in [0.2, 0.25) is 10.0 Å². The molecule has 0 amide bonds. The third-order valence-electron chi connectivity index (χ3n) is 5.47. The SMILES string of the molecule is CC(C)(C)C.CS(=O)(=O)Nc1ccccc1.Cc1c(C(C)(C)C)ccc(O)c1O.Cc1c(O)cc(O)cc1C(C)(C)C. The van der Waals surface area contributed by atoms with Crippen LogP contribution in [0.5, 0.6) is 23.0 Å². The average molecular weight is 604 g/mol. The van der Waals surface area contributed by atoms with Crippen molar-refractivity contribution in [1.29, 1.82) is 0 Å². The fourth-order valence-electron chi connectivity index (χ4n) is 3.68. The van der Waals surface area contributed by atoms with E-state index in [2.05, 4.69) is 53.2 Å². The maximum absolute atomic E-state index is 10.7. The van der Waals surface area contributed by atoms with Crippen molar-refractivity contribution in [3.8, 4) is 23.0 Å². The molecule has 0 heterocycles. The summed E-state index contributed by atoms with van der Waals surface area (Å²) in [4.78, 5) is 0. The van der Waals surface area contributed by atoms with Crippen LogP contribution in [-0.2, 0) is 20.9 Å². The summed E-state index contributed by atoms with van der Waals surface area (Å²) in [5.74, 6) is 0.218. The number of hydrogen-bond donors (Lipinski definition) is 5. The predicted molar refractivity (Wildman–Crippen MR) is 176 cm³/mol. The van der Waals surface area contributed by atoms with Crippen LogP contribution < -0.4 is 4.72 Å². The lowest BCUT2D eigenvalue weighted by atomic mass is 9.84. The van der Waals surface area contributed by atoms with Crippen molar-refractivity contribution >= 4 is 15.7 Å². The number of phenolic OH excluding ortho intramolecular Hbond substituents is 4. The zero-order valence-corrected chi connectivity index (χ0v) is 28.5. The standard InChI is InChI=1S/2C11H16O2.C7H9NO2S.C5H12/c1-7-9(11(2,3)4)5-8(12)6-10(7)13;1-7-8(11(2,3)4)5-6-9(12)10(7)13;1-11(9,10)8-7-5-3-2-4-6-7;1-5(2,3)4/h2*5-6,12-13H,1-4H3;2-6,8H,1H3;1-4H3. The summed E-state index contributed by atoms with van der Waals surface area (Å²) in [5, 5.41) is 37.5. The second-order valence-electron chi connectivity index (χ2n) is 14.0. The van der Waals surface area contributed by atoms with Gasteiger partial charge in [-0.2, -0.15) is 0 Å². The molecule has 236 valence electrons. The van der Waals surface area contributed by atoms with Crippen LogP contribution in [0.3, 0.4) is 0 Å². The Bertz CT molecular complexity index is 1370. The summed E-state index contributed by atoms with van der Waals surface area (Å²) < 4.78 is 23.7. The number of benzene rings is 3. The van der Waals surface area contributed by atoms with Crippen LogP contribution in [0.4, 0.5) is 5.69 Å². The van der Waals surface area contributed by atoms with Gasteiger partial charge in [0.05, 0.1) is 6.26 Å². The van der Waals surface area contributed by atoms with Gasteiger partial charge < -0.3 is 20.4 Å². The first kappa shape index (κ1) is 38.6. The Kier molecular flexibility index (Phi) is 14.0. The highest BCUT2D eigenvalue weighted by Gasteiger charge is 2.20. The molecule has 0 aliphatic carbocycles. The number of anilines is 1. The molecular weight excluding hydrogens is 550 g/mol. The number of para-hydroxylation sites is 1. The van der Waals surface area contributed by atoms with Crippen molar-refractivity contribution in [3.05, 3.63) is 76.9 Å². The maximum atomic E-state index is 10.7. The van der Waals surface area contributed by atoms with Crippen LogP contribution in [0.2, 0.25) is 0 Å². The molecule has 0 spiro atoms. The molecule has 3 aromatic rings. The smallest absolute Gasteiger partial charge is 0.229 e. The van der Waals surface area contributed by atoms with E-state index >= 15 is 0 Å². The van der Waals surface area contributed by atoms with Gasteiger partial charge in [-0.15, -0.1) is 0 Å². The van der Waals surface area contributed by atoms with Gasteiger partial charge >= 0.3 is 0 Å². The highest BCUT2D eigenvalue weighted by molar-refractivity contribution is 7.92. The van der Waals surface area contributed by atoms with E-state index in [4.69, 9.17) is 0 Å². The molecule has 0 aliphatic rings. The van der Waals surface area contributed by atoms with Crippen molar-refractivity contribution in [2.45, 2.75) is 93.9 Å². The lowest BCUT2D eigenvalue weighted by Crippen LogP contribution is -2.12. The second-order valence-corrected chi connectivity index (χ2v) is 15.7. The Morgan fingerprint density at radius 2 is 1.07 bits per heavy atom. The second kappa shape index (κ2) is 15.2. The molecule has 0 saturated carbocycles. The summed E-state index contributed by atoms with van der Waals surface area (Å²) in [6.07, 6.45) is 1.12. The van der Waals surface area contributed by atoms with Crippen LogP contribution >= 0.6 is 0 Å². The van der Waals surface area contributed by atoms with E-state index < -0.39 is 10.0 Å². The van der Waals surface area contributed by atoms with Gasteiger partial charge in [-0.25, -0.2) is 8.42 Å². The molecule has 0 aliphatic heterocycles. The van der Waals surface area contributed by atoms with Crippen molar-refractivity contribution in [1.82, 2.24) is 0 Å². The summed E-state index contributed by atoms with van der Waals surface area (Å²) in [6, 6.07) is 15.2. The Hall–Kier alpha value is -3.39. The van der Waals surface area contributed by atoms with Crippen molar-refractivity contribution in [3.63, 3.8) is 0 Å². The maximum Gasteiger partial charge on any atom is 0.229 e. The molecular formula is C34H53NO6S. The van der Waals surface area contributed by atoms with Gasteiger partial charge in [-0.05, 0) is 76.6 Å². The highest BCUT2D eigenvalue weighted by atomic mass is 32.2. The fraction of sp³-hybridized carbons (Fsp3) is 0.471. The van der Waals surface area contributed by atoms with E-state index in [0.717, 1.165) is 28.5 Å². The number of nitrogens with one attached hydrogen (secondary N) is 1. The number of hydrogen-bond acceptors (Lipinski definition) is 6. The average Bonchev–Trinajstić information content (AvgIpc) is 2.77. The monoisotopic (exact) mass is 603 g/mol. The van der Waals surface area contributed by atoms with Gasteiger partial charge in [0.15, 0.2) is 11.5 Å². The van der Waals surface area contributed by atoms with E-state index in [1.807, 2.05) is 46.8 Å². The molecule has 8 heteroatoms. The van der Waals surface area contributed by atoms with E-state index in [1.54, 1.807) is 30.3 Å². The normalized spacial score (nSPS) is 11.5. The molecule has 0 radical (unpaired) electrons. The summed E-state index contributed by atoms with van der Waals surface area (Å²) in [6.45, 7) is 24.8. The van der Waals surface area contributed by atoms with Gasteiger partial charge in [-0.1, -0.05) is 93.5 Å². The van der Waals surface area contributed by atoms with E-state index in [9.17, 15) is 28.8 Å². The van der Waals surface area contributed by atoms with Gasteiger partial charge in [0.1, 0.15) is 11.5 Å². The minimum Gasteiger partial charge on any atom is -0.508 e. The summed E-state index contributed by atoms with van der Waals surface area (Å²) >= 11 is 0. The summed E-state index contributed by atoms with van der Waals surface area (Å²) in [5.41, 5.74) is 4.66. The first-order chi connectivity index (χ1) is 18.7. The van der Waals surface area contributed by atoms with Crippen LogP contribution in [0.1, 0.15) is 91.5 Å². The van der Waals surface area contributed by atoms with E-state index in [-0.39, 0.29) is 33.8 Å². The van der Waals surface area contributed by atoms with Crippen LogP contribution in [0.15, 0.2) is 54.6 Å². The summed E-state index contributed by atoms with van der Waals surface area (Å²) in [7, 11) is -3.13. The minimum absolute atomic E-state index is 0.00470. The molecule has 0 aromatic heterocycles. The third kappa shape index (κ3) is 15.6. The predicted octanol–water partition coefficient (Wildman–Crippen LogP) is 8.52. The van der Waals surface area contributed by atoms with Gasteiger partial charge in [0.25, 0.3) is 0 Å². The quantitative estimate of drug-likeness (QED) is 0.187.